The number of hydrogen-bond acceptors (Lipinski definition) is 2. The molecular weight excluding hydrogens is 230 g/mol. The van der Waals surface area contributed by atoms with Gasteiger partial charge in [-0.25, -0.2) is 4.79 Å². The van der Waals surface area contributed by atoms with Crippen LogP contribution in [-0.4, -0.2) is 25.8 Å². The van der Waals surface area contributed by atoms with Gasteiger partial charge in [0, 0.05) is 29.7 Å². The van der Waals surface area contributed by atoms with Crippen LogP contribution in [0.4, 0.5) is 0 Å². The number of aryl methyl sites for hydroxylation is 1. The first kappa shape index (κ1) is 10.6. The summed E-state index contributed by atoms with van der Waals surface area (Å²) in [5.74, 6) is -1.01. The first-order valence-corrected chi connectivity index (χ1v) is 5.50. The highest BCUT2D eigenvalue weighted by Crippen LogP contribution is 2.28. The van der Waals surface area contributed by atoms with E-state index in [0.717, 1.165) is 16.5 Å². The van der Waals surface area contributed by atoms with E-state index in [0.29, 0.717) is 5.69 Å². The Morgan fingerprint density at radius 3 is 2.89 bits per heavy atom. The number of nitrogens with zero attached hydrogens (tertiary/aromatic N) is 2. The monoisotopic (exact) mass is 241 g/mol. The van der Waals surface area contributed by atoms with E-state index < -0.39 is 5.97 Å². The second kappa shape index (κ2) is 3.73. The van der Waals surface area contributed by atoms with Crippen molar-refractivity contribution in [2.45, 2.75) is 0 Å². The molecule has 2 heterocycles. The van der Waals surface area contributed by atoms with Gasteiger partial charge >= 0.3 is 5.97 Å². The number of fused-ring (bicyclic) bond motifs is 1. The van der Waals surface area contributed by atoms with Gasteiger partial charge in [0.05, 0.1) is 5.69 Å². The summed E-state index contributed by atoms with van der Waals surface area (Å²) in [5.41, 5.74) is 2.76. The van der Waals surface area contributed by atoms with Crippen LogP contribution in [0.5, 0.6) is 0 Å². The molecule has 0 unspecified atom stereocenters. The lowest BCUT2D eigenvalue weighted by molar-refractivity contribution is 0.0690. The van der Waals surface area contributed by atoms with Crippen molar-refractivity contribution in [2.75, 3.05) is 0 Å². The Kier molecular flexibility index (Phi) is 2.19. The van der Waals surface area contributed by atoms with Crippen molar-refractivity contribution in [1.82, 2.24) is 14.8 Å². The molecule has 0 atom stereocenters. The van der Waals surface area contributed by atoms with Crippen LogP contribution in [0.25, 0.3) is 22.2 Å². The van der Waals surface area contributed by atoms with Gasteiger partial charge in [-0.15, -0.1) is 0 Å². The largest absolute Gasteiger partial charge is 0.477 e. The summed E-state index contributed by atoms with van der Waals surface area (Å²) in [6, 6.07) is 9.49. The number of hydrogen-bond donors (Lipinski definition) is 2. The molecule has 5 nitrogen and oxygen atoms in total. The summed E-state index contributed by atoms with van der Waals surface area (Å²) in [5, 5.41) is 16.5. The maximum atomic E-state index is 10.8. The van der Waals surface area contributed by atoms with Crippen molar-refractivity contribution in [1.29, 1.82) is 0 Å². The molecule has 0 radical (unpaired) electrons. The molecule has 18 heavy (non-hydrogen) atoms. The molecule has 3 aromatic rings. The first-order valence-electron chi connectivity index (χ1n) is 5.50. The zero-order valence-electron chi connectivity index (χ0n) is 9.71. The zero-order chi connectivity index (χ0) is 12.7. The molecule has 2 aromatic heterocycles. The van der Waals surface area contributed by atoms with Gasteiger partial charge in [0.2, 0.25) is 0 Å². The van der Waals surface area contributed by atoms with Crippen molar-refractivity contribution >= 4 is 16.9 Å². The fourth-order valence-corrected chi connectivity index (χ4v) is 2.12. The lowest BCUT2D eigenvalue weighted by atomic mass is 10.1. The first-order chi connectivity index (χ1) is 8.66. The highest BCUT2D eigenvalue weighted by atomic mass is 16.4. The molecule has 90 valence electrons. The molecule has 0 bridgehead atoms. The molecule has 2 N–H and O–H groups in total. The topological polar surface area (TPSA) is 70.9 Å². The zero-order valence-corrected chi connectivity index (χ0v) is 9.71. The van der Waals surface area contributed by atoms with Gasteiger partial charge in [-0.3, -0.25) is 5.10 Å². The number of carboxylic acid groups (broad SMARTS) is 1. The number of aromatic nitrogens is 3. The third-order valence-electron chi connectivity index (χ3n) is 2.98. The third-order valence-corrected chi connectivity index (χ3v) is 2.98. The minimum Gasteiger partial charge on any atom is -0.477 e. The van der Waals surface area contributed by atoms with Crippen molar-refractivity contribution < 1.29 is 9.90 Å². The average molecular weight is 241 g/mol. The molecule has 0 saturated heterocycles. The van der Waals surface area contributed by atoms with Crippen LogP contribution in [-0.2, 0) is 7.05 Å². The van der Waals surface area contributed by atoms with Crippen LogP contribution < -0.4 is 0 Å². The highest BCUT2D eigenvalue weighted by molar-refractivity contribution is 5.96. The molecule has 0 spiro atoms. The van der Waals surface area contributed by atoms with Gasteiger partial charge in [-0.05, 0) is 12.1 Å². The Balaban J connectivity index is 2.22. The van der Waals surface area contributed by atoms with E-state index in [1.165, 1.54) is 0 Å². The predicted octanol–water partition coefficient (Wildman–Crippen LogP) is 2.27. The lowest BCUT2D eigenvalue weighted by Gasteiger charge is -1.93. The average Bonchev–Trinajstić information content (AvgIpc) is 2.95. The second-order valence-electron chi connectivity index (χ2n) is 4.14. The molecule has 0 aliphatic heterocycles. The van der Waals surface area contributed by atoms with Crippen LogP contribution in [0.3, 0.4) is 0 Å². The molecule has 0 fully saturated rings. The molecule has 0 saturated carbocycles. The van der Waals surface area contributed by atoms with Gasteiger partial charge in [-0.2, -0.15) is 5.10 Å². The summed E-state index contributed by atoms with van der Waals surface area (Å²) < 4.78 is 2.00. The number of nitrogens with one attached hydrogen (secondary N) is 1. The van der Waals surface area contributed by atoms with E-state index in [-0.39, 0.29) is 5.69 Å². The number of benzene rings is 1. The van der Waals surface area contributed by atoms with Crippen LogP contribution >= 0.6 is 0 Å². The van der Waals surface area contributed by atoms with Crippen molar-refractivity contribution in [3.63, 3.8) is 0 Å². The van der Waals surface area contributed by atoms with Crippen molar-refractivity contribution in [3.8, 4) is 11.3 Å². The standard InChI is InChI=1S/C13H11N3O2/c1-16-7-9(8-4-2-3-5-12(8)16)10-6-11(13(17)18)15-14-10/h2-7H,1H3,(H,14,15)(H,17,18). The number of carboxylic acids is 1. The Morgan fingerprint density at radius 1 is 1.39 bits per heavy atom. The normalized spacial score (nSPS) is 10.9. The predicted molar refractivity (Wildman–Crippen MR) is 67.5 cm³/mol. The molecule has 5 heteroatoms. The molecular formula is C13H11N3O2. The van der Waals surface area contributed by atoms with Gasteiger partial charge in [-0.1, -0.05) is 18.2 Å². The SMILES string of the molecule is Cn1cc(-c2cc(C(=O)O)[nH]n2)c2ccccc21. The lowest BCUT2D eigenvalue weighted by Crippen LogP contribution is -1.95. The van der Waals surface area contributed by atoms with Gasteiger partial charge in [0.25, 0.3) is 0 Å². The van der Waals surface area contributed by atoms with Crippen LogP contribution in [0.2, 0.25) is 0 Å². The van der Waals surface area contributed by atoms with Crippen LogP contribution in [0.15, 0.2) is 36.5 Å². The Bertz CT molecular complexity index is 740. The minimum absolute atomic E-state index is 0.0953. The fourth-order valence-electron chi connectivity index (χ4n) is 2.12. The number of rotatable bonds is 2. The molecule has 0 amide bonds. The smallest absolute Gasteiger partial charge is 0.353 e. The molecule has 3 rings (SSSR count). The summed E-state index contributed by atoms with van der Waals surface area (Å²) in [4.78, 5) is 10.8. The van der Waals surface area contributed by atoms with Crippen molar-refractivity contribution in [3.05, 3.63) is 42.2 Å². The number of H-pyrrole nitrogens is 1. The van der Waals surface area contributed by atoms with E-state index in [4.69, 9.17) is 5.11 Å². The third kappa shape index (κ3) is 1.48. The maximum Gasteiger partial charge on any atom is 0.353 e. The van der Waals surface area contributed by atoms with E-state index in [1.807, 2.05) is 42.1 Å². The van der Waals surface area contributed by atoms with Gasteiger partial charge in [0.1, 0.15) is 5.69 Å². The fraction of sp³-hybridized carbons (Fsp3) is 0.0769. The number of aromatic carboxylic acids is 1. The van der Waals surface area contributed by atoms with E-state index in [9.17, 15) is 4.79 Å². The summed E-state index contributed by atoms with van der Waals surface area (Å²) >= 11 is 0. The Morgan fingerprint density at radius 2 is 2.17 bits per heavy atom. The maximum absolute atomic E-state index is 10.8. The van der Waals surface area contributed by atoms with Crippen molar-refractivity contribution in [2.24, 2.45) is 7.05 Å². The van der Waals surface area contributed by atoms with E-state index >= 15 is 0 Å². The molecule has 0 aliphatic rings. The van der Waals surface area contributed by atoms with Gasteiger partial charge in [0.15, 0.2) is 0 Å². The quantitative estimate of drug-likeness (QED) is 0.723. The highest BCUT2D eigenvalue weighted by Gasteiger charge is 2.13. The summed E-state index contributed by atoms with van der Waals surface area (Å²) in [7, 11) is 1.95. The summed E-state index contributed by atoms with van der Waals surface area (Å²) in [6.07, 6.45) is 1.95. The Labute approximate surface area is 103 Å². The minimum atomic E-state index is -1.01. The van der Waals surface area contributed by atoms with Crippen LogP contribution in [0.1, 0.15) is 10.5 Å². The van der Waals surface area contributed by atoms with E-state index in [1.54, 1.807) is 6.07 Å². The number of carbonyl (C=O) groups is 1. The van der Waals surface area contributed by atoms with E-state index in [2.05, 4.69) is 10.2 Å². The number of aromatic amines is 1. The summed E-state index contributed by atoms with van der Waals surface area (Å²) in [6.45, 7) is 0. The Hall–Kier alpha value is -2.56. The number of para-hydroxylation sites is 1. The molecule has 1 aromatic carbocycles. The second-order valence-corrected chi connectivity index (χ2v) is 4.14. The van der Waals surface area contributed by atoms with Crippen LogP contribution in [0, 0.1) is 0 Å². The van der Waals surface area contributed by atoms with Gasteiger partial charge < -0.3 is 9.67 Å². The molecule has 0 aliphatic carbocycles.